The summed E-state index contributed by atoms with van der Waals surface area (Å²) in [6.07, 6.45) is 6.23. The van der Waals surface area contributed by atoms with Crippen molar-refractivity contribution in [3.05, 3.63) is 21.9 Å². The van der Waals surface area contributed by atoms with Crippen LogP contribution in [-0.2, 0) is 0 Å². The lowest BCUT2D eigenvalue weighted by Crippen LogP contribution is -2.44. The molecule has 2 nitrogen and oxygen atoms in total. The van der Waals surface area contributed by atoms with Crippen molar-refractivity contribution in [2.75, 3.05) is 0 Å². The van der Waals surface area contributed by atoms with Gasteiger partial charge in [-0.05, 0) is 60.9 Å². The van der Waals surface area contributed by atoms with Crippen molar-refractivity contribution in [2.45, 2.75) is 65.8 Å². The number of amides is 1. The first kappa shape index (κ1) is 16.5. The van der Waals surface area contributed by atoms with Gasteiger partial charge in [0.15, 0.2) is 0 Å². The quantitative estimate of drug-likeness (QED) is 0.812. The Balaban J connectivity index is 2.02. The minimum atomic E-state index is 0.135. The molecule has 1 heterocycles. The maximum atomic E-state index is 12.5. The second kappa shape index (κ2) is 7.44. The second-order valence-corrected chi connectivity index (χ2v) is 7.98. The Kier molecular flexibility index (Phi) is 5.86. The summed E-state index contributed by atoms with van der Waals surface area (Å²) < 4.78 is 0. The SMILES string of the molecule is Cc1ccsc1C(=O)NC1CCCCC1C(C)CC(C)C. The first-order valence-electron chi connectivity index (χ1n) is 8.34. The number of rotatable bonds is 5. The van der Waals surface area contributed by atoms with E-state index in [0.29, 0.717) is 17.9 Å². The lowest BCUT2D eigenvalue weighted by atomic mass is 9.74. The smallest absolute Gasteiger partial charge is 0.261 e. The molecule has 3 unspecified atom stereocenters. The van der Waals surface area contributed by atoms with Crippen LogP contribution in [0.2, 0.25) is 0 Å². The van der Waals surface area contributed by atoms with Crippen molar-refractivity contribution in [3.8, 4) is 0 Å². The van der Waals surface area contributed by atoms with Crippen molar-refractivity contribution in [2.24, 2.45) is 17.8 Å². The molecule has 21 heavy (non-hydrogen) atoms. The highest BCUT2D eigenvalue weighted by Gasteiger charge is 2.31. The van der Waals surface area contributed by atoms with Crippen molar-refractivity contribution < 1.29 is 4.79 Å². The molecule has 3 heteroatoms. The average Bonchev–Trinajstić information content (AvgIpc) is 2.84. The van der Waals surface area contributed by atoms with Gasteiger partial charge in [0.25, 0.3) is 5.91 Å². The first-order chi connectivity index (χ1) is 9.99. The van der Waals surface area contributed by atoms with Crippen LogP contribution in [0.5, 0.6) is 0 Å². The molecule has 1 fully saturated rings. The third-order valence-electron chi connectivity index (χ3n) is 4.78. The summed E-state index contributed by atoms with van der Waals surface area (Å²) in [6.45, 7) is 8.97. The summed E-state index contributed by atoms with van der Waals surface area (Å²) in [6, 6.07) is 2.39. The highest BCUT2D eigenvalue weighted by Crippen LogP contribution is 2.34. The Labute approximate surface area is 133 Å². The number of hydrogen-bond acceptors (Lipinski definition) is 2. The van der Waals surface area contributed by atoms with E-state index in [1.165, 1.54) is 25.7 Å². The summed E-state index contributed by atoms with van der Waals surface area (Å²) in [5.41, 5.74) is 1.10. The predicted octanol–water partition coefficient (Wildman–Crippen LogP) is 5.03. The fraction of sp³-hybridized carbons (Fsp3) is 0.722. The minimum absolute atomic E-state index is 0.135. The van der Waals surface area contributed by atoms with Gasteiger partial charge in [0, 0.05) is 6.04 Å². The molecule has 0 aromatic carbocycles. The van der Waals surface area contributed by atoms with Crippen molar-refractivity contribution >= 4 is 17.2 Å². The molecule has 1 saturated carbocycles. The van der Waals surface area contributed by atoms with Gasteiger partial charge in [-0.25, -0.2) is 0 Å². The Bertz CT molecular complexity index is 466. The molecule has 1 amide bonds. The van der Waals surface area contributed by atoms with E-state index in [1.54, 1.807) is 11.3 Å². The zero-order valence-electron chi connectivity index (χ0n) is 13.8. The number of carbonyl (C=O) groups excluding carboxylic acids is 1. The second-order valence-electron chi connectivity index (χ2n) is 7.07. The van der Waals surface area contributed by atoms with Gasteiger partial charge in [0.05, 0.1) is 4.88 Å². The summed E-state index contributed by atoms with van der Waals surface area (Å²) in [4.78, 5) is 13.4. The Morgan fingerprint density at radius 1 is 1.33 bits per heavy atom. The molecular weight excluding hydrogens is 278 g/mol. The largest absolute Gasteiger partial charge is 0.348 e. The number of hydrogen-bond donors (Lipinski definition) is 1. The number of thiophene rings is 1. The van der Waals surface area contributed by atoms with Gasteiger partial charge in [-0.2, -0.15) is 0 Å². The fourth-order valence-electron chi connectivity index (χ4n) is 3.78. The van der Waals surface area contributed by atoms with E-state index in [-0.39, 0.29) is 5.91 Å². The van der Waals surface area contributed by atoms with Crippen LogP contribution in [0.1, 0.15) is 68.1 Å². The lowest BCUT2D eigenvalue weighted by Gasteiger charge is -2.37. The Hall–Kier alpha value is -0.830. The van der Waals surface area contributed by atoms with Crippen LogP contribution in [0.3, 0.4) is 0 Å². The normalized spacial score (nSPS) is 24.0. The number of nitrogens with one attached hydrogen (secondary N) is 1. The van der Waals surface area contributed by atoms with Crippen LogP contribution in [-0.4, -0.2) is 11.9 Å². The zero-order valence-corrected chi connectivity index (χ0v) is 14.6. The van der Waals surface area contributed by atoms with Crippen molar-refractivity contribution in [1.82, 2.24) is 5.32 Å². The summed E-state index contributed by atoms with van der Waals surface area (Å²) in [5.74, 6) is 2.21. The summed E-state index contributed by atoms with van der Waals surface area (Å²) in [7, 11) is 0. The minimum Gasteiger partial charge on any atom is -0.348 e. The molecule has 118 valence electrons. The van der Waals surface area contributed by atoms with Crippen LogP contribution >= 0.6 is 11.3 Å². The maximum Gasteiger partial charge on any atom is 0.261 e. The Morgan fingerprint density at radius 2 is 2.05 bits per heavy atom. The molecule has 1 aliphatic rings. The monoisotopic (exact) mass is 307 g/mol. The van der Waals surface area contributed by atoms with Gasteiger partial charge in [-0.3, -0.25) is 4.79 Å². The van der Waals surface area contributed by atoms with Gasteiger partial charge in [-0.1, -0.05) is 33.6 Å². The number of carbonyl (C=O) groups is 1. The van der Waals surface area contributed by atoms with Crippen LogP contribution in [0, 0.1) is 24.7 Å². The molecule has 1 aromatic rings. The van der Waals surface area contributed by atoms with Crippen molar-refractivity contribution in [1.29, 1.82) is 0 Å². The van der Waals surface area contributed by atoms with E-state index < -0.39 is 0 Å². The van der Waals surface area contributed by atoms with E-state index in [9.17, 15) is 4.79 Å². The molecule has 2 rings (SSSR count). The highest BCUT2D eigenvalue weighted by atomic mass is 32.1. The summed E-state index contributed by atoms with van der Waals surface area (Å²) >= 11 is 1.55. The molecule has 0 aliphatic heterocycles. The van der Waals surface area contributed by atoms with E-state index >= 15 is 0 Å². The van der Waals surface area contributed by atoms with Crippen LogP contribution in [0.25, 0.3) is 0 Å². The van der Waals surface area contributed by atoms with E-state index in [1.807, 2.05) is 18.4 Å². The fourth-order valence-corrected chi connectivity index (χ4v) is 4.61. The standard InChI is InChI=1S/C18H29NOS/c1-12(2)11-14(4)15-7-5-6-8-16(15)19-18(20)17-13(3)9-10-21-17/h9-10,12,14-16H,5-8,11H2,1-4H3,(H,19,20). The van der Waals surface area contributed by atoms with Gasteiger partial charge in [0.2, 0.25) is 0 Å². The average molecular weight is 308 g/mol. The van der Waals surface area contributed by atoms with Gasteiger partial charge in [0.1, 0.15) is 0 Å². The Morgan fingerprint density at radius 3 is 2.67 bits per heavy atom. The molecule has 0 radical (unpaired) electrons. The maximum absolute atomic E-state index is 12.5. The van der Waals surface area contributed by atoms with E-state index in [0.717, 1.165) is 22.8 Å². The van der Waals surface area contributed by atoms with Gasteiger partial charge in [-0.15, -0.1) is 11.3 Å². The van der Waals surface area contributed by atoms with Crippen LogP contribution < -0.4 is 5.32 Å². The number of aryl methyl sites for hydroxylation is 1. The van der Waals surface area contributed by atoms with Crippen LogP contribution in [0.4, 0.5) is 0 Å². The summed E-state index contributed by atoms with van der Waals surface area (Å²) in [5, 5.41) is 5.34. The van der Waals surface area contributed by atoms with Crippen molar-refractivity contribution in [3.63, 3.8) is 0 Å². The molecule has 3 atom stereocenters. The molecular formula is C18H29NOS. The third-order valence-corrected chi connectivity index (χ3v) is 5.79. The molecule has 0 bridgehead atoms. The van der Waals surface area contributed by atoms with Gasteiger partial charge >= 0.3 is 0 Å². The third kappa shape index (κ3) is 4.32. The zero-order chi connectivity index (χ0) is 15.4. The van der Waals surface area contributed by atoms with Crippen LogP contribution in [0.15, 0.2) is 11.4 Å². The van der Waals surface area contributed by atoms with Gasteiger partial charge < -0.3 is 5.32 Å². The molecule has 1 aliphatic carbocycles. The van der Waals surface area contributed by atoms with E-state index in [2.05, 4.69) is 26.1 Å². The predicted molar refractivity (Wildman–Crippen MR) is 90.9 cm³/mol. The van der Waals surface area contributed by atoms with E-state index in [4.69, 9.17) is 0 Å². The lowest BCUT2D eigenvalue weighted by molar-refractivity contribution is 0.0881. The highest BCUT2D eigenvalue weighted by molar-refractivity contribution is 7.12. The topological polar surface area (TPSA) is 29.1 Å². The molecule has 1 N–H and O–H groups in total. The molecule has 0 spiro atoms. The molecule has 1 aromatic heterocycles. The first-order valence-corrected chi connectivity index (χ1v) is 9.22. The molecule has 0 saturated heterocycles.